The average Bonchev–Trinajstić information content (AvgIpc) is 2.67. The molecule has 4 nitrogen and oxygen atoms in total. The van der Waals surface area contributed by atoms with Crippen LogP contribution >= 0.6 is 12.2 Å². The van der Waals surface area contributed by atoms with Gasteiger partial charge in [-0.25, -0.2) is 0 Å². The minimum Gasteiger partial charge on any atom is -0.369 e. The summed E-state index contributed by atoms with van der Waals surface area (Å²) >= 11 is 5.43. The highest BCUT2D eigenvalue weighted by molar-refractivity contribution is 7.80. The summed E-state index contributed by atoms with van der Waals surface area (Å²) in [5, 5.41) is 7.30. The van der Waals surface area contributed by atoms with Crippen molar-refractivity contribution in [3.63, 3.8) is 0 Å². The highest BCUT2D eigenvalue weighted by atomic mass is 32.1. The van der Waals surface area contributed by atoms with Crippen molar-refractivity contribution in [3.8, 4) is 0 Å². The van der Waals surface area contributed by atoms with Crippen LogP contribution in [0.2, 0.25) is 0 Å². The van der Waals surface area contributed by atoms with Crippen molar-refractivity contribution in [1.29, 1.82) is 0 Å². The summed E-state index contributed by atoms with van der Waals surface area (Å²) in [6.07, 6.45) is 0. The standard InChI is InChI=1S/C21H28N4S/c1-17-7-6-8-19(15-17)23-21(26)22-16-18(2)24-11-13-25(14-12-24)20-9-4-3-5-10-20/h3-10,15,18H,11-14,16H2,1-2H3,(H2,22,23,26)/t18-/m1/s1. The van der Waals surface area contributed by atoms with Crippen molar-refractivity contribution in [1.82, 2.24) is 10.2 Å². The fourth-order valence-electron chi connectivity index (χ4n) is 3.33. The zero-order chi connectivity index (χ0) is 18.4. The number of nitrogens with zero attached hydrogens (tertiary/aromatic N) is 2. The quantitative estimate of drug-likeness (QED) is 0.789. The van der Waals surface area contributed by atoms with Crippen molar-refractivity contribution < 1.29 is 0 Å². The van der Waals surface area contributed by atoms with Crippen LogP contribution in [0.25, 0.3) is 0 Å². The predicted octanol–water partition coefficient (Wildman–Crippen LogP) is 3.49. The van der Waals surface area contributed by atoms with Gasteiger partial charge in [0.05, 0.1) is 0 Å². The van der Waals surface area contributed by atoms with E-state index in [1.54, 1.807) is 0 Å². The number of piperazine rings is 1. The van der Waals surface area contributed by atoms with E-state index in [0.717, 1.165) is 38.4 Å². The number of nitrogens with one attached hydrogen (secondary N) is 2. The van der Waals surface area contributed by atoms with E-state index in [1.807, 2.05) is 12.1 Å². The molecular weight excluding hydrogens is 340 g/mol. The van der Waals surface area contributed by atoms with Crippen LogP contribution in [0.5, 0.6) is 0 Å². The molecule has 2 aromatic rings. The first-order valence-electron chi connectivity index (χ1n) is 9.27. The molecule has 0 aromatic heterocycles. The fraction of sp³-hybridized carbons (Fsp3) is 0.381. The first-order chi connectivity index (χ1) is 12.6. The van der Waals surface area contributed by atoms with Crippen LogP contribution < -0.4 is 15.5 Å². The van der Waals surface area contributed by atoms with Crippen molar-refractivity contribution in [3.05, 3.63) is 60.2 Å². The summed E-state index contributed by atoms with van der Waals surface area (Å²) in [6, 6.07) is 19.4. The Labute approximate surface area is 162 Å². The molecule has 0 unspecified atom stereocenters. The Balaban J connectivity index is 1.41. The lowest BCUT2D eigenvalue weighted by molar-refractivity contribution is 0.198. The molecular formula is C21H28N4S. The van der Waals surface area contributed by atoms with Crippen LogP contribution in [0.3, 0.4) is 0 Å². The third-order valence-electron chi connectivity index (χ3n) is 4.89. The maximum Gasteiger partial charge on any atom is 0.170 e. The summed E-state index contributed by atoms with van der Waals surface area (Å²) in [5.74, 6) is 0. The van der Waals surface area contributed by atoms with Gasteiger partial charge < -0.3 is 15.5 Å². The average molecular weight is 369 g/mol. The summed E-state index contributed by atoms with van der Waals surface area (Å²) in [5.41, 5.74) is 3.58. The smallest absolute Gasteiger partial charge is 0.170 e. The molecule has 0 saturated carbocycles. The summed E-state index contributed by atoms with van der Waals surface area (Å²) < 4.78 is 0. The molecule has 1 fully saturated rings. The van der Waals surface area contributed by atoms with Crippen LogP contribution in [0, 0.1) is 6.92 Å². The van der Waals surface area contributed by atoms with E-state index in [0.29, 0.717) is 11.2 Å². The van der Waals surface area contributed by atoms with Crippen LogP contribution in [0.15, 0.2) is 54.6 Å². The number of anilines is 2. The Morgan fingerprint density at radius 3 is 2.46 bits per heavy atom. The van der Waals surface area contributed by atoms with E-state index in [-0.39, 0.29) is 0 Å². The molecule has 0 spiro atoms. The first kappa shape index (κ1) is 18.7. The zero-order valence-electron chi connectivity index (χ0n) is 15.6. The van der Waals surface area contributed by atoms with Crippen LogP contribution in [-0.4, -0.2) is 48.8 Å². The molecule has 1 atom stereocenters. The van der Waals surface area contributed by atoms with Crippen LogP contribution in [-0.2, 0) is 0 Å². The minimum absolute atomic E-state index is 0.449. The summed E-state index contributed by atoms with van der Waals surface area (Å²) in [7, 11) is 0. The largest absolute Gasteiger partial charge is 0.369 e. The lowest BCUT2D eigenvalue weighted by Crippen LogP contribution is -2.52. The van der Waals surface area contributed by atoms with Crippen LogP contribution in [0.4, 0.5) is 11.4 Å². The minimum atomic E-state index is 0.449. The number of benzene rings is 2. The van der Waals surface area contributed by atoms with Gasteiger partial charge in [0.25, 0.3) is 0 Å². The van der Waals surface area contributed by atoms with Gasteiger partial charge in [-0.05, 0) is 55.9 Å². The Bertz CT molecular complexity index is 711. The molecule has 1 heterocycles. The Kier molecular flexibility index (Phi) is 6.47. The molecule has 0 radical (unpaired) electrons. The molecule has 5 heteroatoms. The second-order valence-corrected chi connectivity index (χ2v) is 7.32. The lowest BCUT2D eigenvalue weighted by Gasteiger charge is -2.39. The van der Waals surface area contributed by atoms with Gasteiger partial charge in [0.15, 0.2) is 5.11 Å². The number of thiocarbonyl (C=S) groups is 1. The van der Waals surface area contributed by atoms with E-state index in [4.69, 9.17) is 12.2 Å². The molecule has 0 amide bonds. The van der Waals surface area contributed by atoms with Gasteiger partial charge in [0.1, 0.15) is 0 Å². The number of hydrogen-bond acceptors (Lipinski definition) is 3. The molecule has 1 saturated heterocycles. The number of rotatable bonds is 5. The van der Waals surface area contributed by atoms with Gasteiger partial charge in [-0.2, -0.15) is 0 Å². The molecule has 2 aromatic carbocycles. The van der Waals surface area contributed by atoms with Gasteiger partial charge in [-0.1, -0.05) is 30.3 Å². The molecule has 1 aliphatic rings. The third kappa shape index (κ3) is 5.19. The maximum atomic E-state index is 5.43. The van der Waals surface area contributed by atoms with E-state index in [9.17, 15) is 0 Å². The first-order valence-corrected chi connectivity index (χ1v) is 9.68. The van der Waals surface area contributed by atoms with E-state index >= 15 is 0 Å². The Hall–Kier alpha value is -2.11. The summed E-state index contributed by atoms with van der Waals surface area (Å²) in [6.45, 7) is 9.49. The number of para-hydroxylation sites is 1. The van der Waals surface area contributed by atoms with Gasteiger partial charge in [0.2, 0.25) is 0 Å². The molecule has 2 N–H and O–H groups in total. The summed E-state index contributed by atoms with van der Waals surface area (Å²) in [4.78, 5) is 4.99. The molecule has 0 aliphatic carbocycles. The second-order valence-electron chi connectivity index (χ2n) is 6.91. The SMILES string of the molecule is Cc1cccc(NC(=S)NC[C@@H](C)N2CCN(c3ccccc3)CC2)c1. The van der Waals surface area contributed by atoms with Crippen LogP contribution in [0.1, 0.15) is 12.5 Å². The monoisotopic (exact) mass is 368 g/mol. The second kappa shape index (κ2) is 9.01. The maximum absolute atomic E-state index is 5.43. The van der Waals surface area contributed by atoms with E-state index < -0.39 is 0 Å². The van der Waals surface area contributed by atoms with Crippen molar-refractivity contribution in [2.75, 3.05) is 42.9 Å². The van der Waals surface area contributed by atoms with E-state index in [1.165, 1.54) is 11.3 Å². The topological polar surface area (TPSA) is 30.5 Å². The highest BCUT2D eigenvalue weighted by Crippen LogP contribution is 2.16. The Morgan fingerprint density at radius 2 is 1.77 bits per heavy atom. The zero-order valence-corrected chi connectivity index (χ0v) is 16.4. The fourth-order valence-corrected chi connectivity index (χ4v) is 3.53. The van der Waals surface area contributed by atoms with Crippen molar-refractivity contribution in [2.45, 2.75) is 19.9 Å². The van der Waals surface area contributed by atoms with Crippen molar-refractivity contribution in [2.24, 2.45) is 0 Å². The molecule has 0 bridgehead atoms. The number of aryl methyl sites for hydroxylation is 1. The normalized spacial score (nSPS) is 16.2. The molecule has 138 valence electrons. The highest BCUT2D eigenvalue weighted by Gasteiger charge is 2.21. The molecule has 26 heavy (non-hydrogen) atoms. The van der Waals surface area contributed by atoms with Gasteiger partial charge in [0, 0.05) is 50.1 Å². The van der Waals surface area contributed by atoms with Crippen molar-refractivity contribution >= 4 is 28.7 Å². The Morgan fingerprint density at radius 1 is 1.04 bits per heavy atom. The van der Waals surface area contributed by atoms with Gasteiger partial charge in [-0.15, -0.1) is 0 Å². The van der Waals surface area contributed by atoms with Gasteiger partial charge in [-0.3, -0.25) is 4.90 Å². The molecule has 1 aliphatic heterocycles. The molecule has 3 rings (SSSR count). The lowest BCUT2D eigenvalue weighted by atomic mass is 10.2. The third-order valence-corrected chi connectivity index (χ3v) is 5.14. The number of hydrogen-bond donors (Lipinski definition) is 2. The predicted molar refractivity (Wildman–Crippen MR) is 115 cm³/mol. The van der Waals surface area contributed by atoms with Gasteiger partial charge >= 0.3 is 0 Å². The van der Waals surface area contributed by atoms with E-state index in [2.05, 4.69) is 76.7 Å².